The minimum atomic E-state index is -1.30. The number of hydrogen-bond donors (Lipinski definition) is 0. The van der Waals surface area contributed by atoms with E-state index < -0.39 is 17.3 Å². The largest absolute Gasteiger partial charge is 0.463 e. The highest BCUT2D eigenvalue weighted by Crippen LogP contribution is 2.48. The van der Waals surface area contributed by atoms with Crippen LogP contribution >= 0.6 is 0 Å². The van der Waals surface area contributed by atoms with Gasteiger partial charge in [-0.15, -0.1) is 0 Å². The second-order valence-electron chi connectivity index (χ2n) is 4.47. The van der Waals surface area contributed by atoms with Crippen molar-refractivity contribution in [2.24, 2.45) is 5.41 Å². The average Bonchev–Trinajstić information content (AvgIpc) is 2.88. The van der Waals surface area contributed by atoms with Gasteiger partial charge in [-0.05, 0) is 25.5 Å². The van der Waals surface area contributed by atoms with Crippen molar-refractivity contribution in [3.63, 3.8) is 0 Å². The van der Waals surface area contributed by atoms with Crippen molar-refractivity contribution in [3.05, 3.63) is 41.7 Å². The van der Waals surface area contributed by atoms with Gasteiger partial charge in [0.05, 0.1) is 30.4 Å². The van der Waals surface area contributed by atoms with Crippen molar-refractivity contribution < 1.29 is 9.53 Å². The second-order valence-corrected chi connectivity index (χ2v) is 4.47. The molecule has 0 radical (unpaired) electrons. The molecule has 5 nitrogen and oxygen atoms in total. The van der Waals surface area contributed by atoms with Crippen molar-refractivity contribution in [2.45, 2.75) is 19.3 Å². The summed E-state index contributed by atoms with van der Waals surface area (Å²) in [5.74, 6) is -1.16. The minimum Gasteiger partial charge on any atom is -0.463 e. The van der Waals surface area contributed by atoms with Crippen molar-refractivity contribution in [3.8, 4) is 12.1 Å². The van der Waals surface area contributed by atoms with E-state index in [0.29, 0.717) is 11.3 Å². The molecule has 100 valence electrons. The second kappa shape index (κ2) is 5.54. The lowest BCUT2D eigenvalue weighted by atomic mass is 9.75. The first-order valence-electron chi connectivity index (χ1n) is 6.29. The molecule has 0 amide bonds. The summed E-state index contributed by atoms with van der Waals surface area (Å²) >= 11 is 0. The van der Waals surface area contributed by atoms with E-state index in [0.717, 1.165) is 0 Å². The maximum atomic E-state index is 12.0. The summed E-state index contributed by atoms with van der Waals surface area (Å²) in [6.07, 6.45) is 3.40. The Balaban J connectivity index is 2.48. The van der Waals surface area contributed by atoms with Gasteiger partial charge < -0.3 is 4.74 Å². The standard InChI is InChI=1S/C15H13N3O2/c1-2-20-14(19)11-6-7-15(9-16,10-17)13(11)12-5-3-4-8-18-12/h3-6,8,13H,2,7H2,1H3. The van der Waals surface area contributed by atoms with Gasteiger partial charge in [-0.2, -0.15) is 10.5 Å². The number of nitrogens with zero attached hydrogens (tertiary/aromatic N) is 3. The third kappa shape index (κ3) is 2.15. The summed E-state index contributed by atoms with van der Waals surface area (Å²) in [4.78, 5) is 16.2. The Hall–Kier alpha value is -2.66. The molecule has 20 heavy (non-hydrogen) atoms. The van der Waals surface area contributed by atoms with E-state index in [1.807, 2.05) is 12.1 Å². The monoisotopic (exact) mass is 267 g/mol. The number of ether oxygens (including phenoxy) is 1. The van der Waals surface area contributed by atoms with Gasteiger partial charge in [-0.25, -0.2) is 4.79 Å². The predicted octanol–water partition coefficient (Wildman–Crippen LogP) is 2.09. The third-order valence-corrected chi connectivity index (χ3v) is 3.34. The Morgan fingerprint density at radius 1 is 1.50 bits per heavy atom. The highest BCUT2D eigenvalue weighted by molar-refractivity contribution is 5.91. The Labute approximate surface area is 117 Å². The number of hydrogen-bond acceptors (Lipinski definition) is 5. The molecule has 0 saturated carbocycles. The lowest BCUT2D eigenvalue weighted by Gasteiger charge is -2.23. The molecule has 0 aliphatic heterocycles. The summed E-state index contributed by atoms with van der Waals surface area (Å²) in [5.41, 5.74) is -0.419. The van der Waals surface area contributed by atoms with E-state index in [4.69, 9.17) is 4.74 Å². The molecule has 1 aliphatic carbocycles. The van der Waals surface area contributed by atoms with Crippen molar-refractivity contribution in [1.29, 1.82) is 10.5 Å². The molecule has 0 bridgehead atoms. The summed E-state index contributed by atoms with van der Waals surface area (Å²) in [6.45, 7) is 1.96. The molecule has 0 saturated heterocycles. The van der Waals surface area contributed by atoms with Gasteiger partial charge >= 0.3 is 5.97 Å². The van der Waals surface area contributed by atoms with Crippen LogP contribution in [0.2, 0.25) is 0 Å². The maximum Gasteiger partial charge on any atom is 0.334 e. The molecule has 0 N–H and O–H groups in total. The smallest absolute Gasteiger partial charge is 0.334 e. The fourth-order valence-corrected chi connectivity index (χ4v) is 2.39. The van der Waals surface area contributed by atoms with E-state index in [9.17, 15) is 15.3 Å². The summed E-state index contributed by atoms with van der Waals surface area (Å²) in [7, 11) is 0. The van der Waals surface area contributed by atoms with Crippen LogP contribution in [-0.2, 0) is 9.53 Å². The Morgan fingerprint density at radius 3 is 2.80 bits per heavy atom. The molecule has 0 fully saturated rings. The third-order valence-electron chi connectivity index (χ3n) is 3.34. The molecule has 1 aromatic heterocycles. The number of allylic oxidation sites excluding steroid dienone is 1. The normalized spacial score (nSPS) is 19.6. The van der Waals surface area contributed by atoms with Crippen LogP contribution in [0.5, 0.6) is 0 Å². The van der Waals surface area contributed by atoms with E-state index in [1.54, 1.807) is 37.4 Å². The van der Waals surface area contributed by atoms with Crippen LogP contribution < -0.4 is 0 Å². The lowest BCUT2D eigenvalue weighted by molar-refractivity contribution is -0.138. The SMILES string of the molecule is CCOC(=O)C1=CCC(C#N)(C#N)C1c1ccccn1. The van der Waals surface area contributed by atoms with Gasteiger partial charge in [0.15, 0.2) is 5.41 Å². The highest BCUT2D eigenvalue weighted by atomic mass is 16.5. The van der Waals surface area contributed by atoms with Gasteiger partial charge in [0, 0.05) is 11.8 Å². The van der Waals surface area contributed by atoms with Gasteiger partial charge in [0.2, 0.25) is 0 Å². The van der Waals surface area contributed by atoms with Crippen LogP contribution in [-0.4, -0.2) is 17.6 Å². The summed E-state index contributed by atoms with van der Waals surface area (Å²) in [6, 6.07) is 9.31. The minimum absolute atomic E-state index is 0.204. The molecule has 1 atom stereocenters. The van der Waals surface area contributed by atoms with E-state index in [-0.39, 0.29) is 13.0 Å². The Bertz CT molecular complexity index is 609. The van der Waals surface area contributed by atoms with Crippen LogP contribution in [0.1, 0.15) is 25.0 Å². The zero-order valence-electron chi connectivity index (χ0n) is 11.0. The number of carbonyl (C=O) groups excluding carboxylic acids is 1. The molecule has 1 aliphatic rings. The van der Waals surface area contributed by atoms with E-state index in [1.165, 1.54) is 0 Å². The predicted molar refractivity (Wildman–Crippen MR) is 70.0 cm³/mol. The Kier molecular flexibility index (Phi) is 3.81. The summed E-state index contributed by atoms with van der Waals surface area (Å²) < 4.78 is 5.01. The van der Waals surface area contributed by atoms with Gasteiger partial charge in [0.25, 0.3) is 0 Å². The molecule has 1 unspecified atom stereocenters. The Morgan fingerprint density at radius 2 is 2.25 bits per heavy atom. The number of aromatic nitrogens is 1. The van der Waals surface area contributed by atoms with Crippen LogP contribution in [0.4, 0.5) is 0 Å². The molecular weight excluding hydrogens is 254 g/mol. The quantitative estimate of drug-likeness (QED) is 0.782. The number of pyridine rings is 1. The van der Waals surface area contributed by atoms with Gasteiger partial charge in [-0.1, -0.05) is 12.1 Å². The molecule has 5 heteroatoms. The lowest BCUT2D eigenvalue weighted by Crippen LogP contribution is -2.26. The highest BCUT2D eigenvalue weighted by Gasteiger charge is 2.49. The van der Waals surface area contributed by atoms with Crippen LogP contribution in [0, 0.1) is 28.1 Å². The van der Waals surface area contributed by atoms with Crippen molar-refractivity contribution in [1.82, 2.24) is 4.98 Å². The molecule has 2 rings (SSSR count). The first-order valence-corrected chi connectivity index (χ1v) is 6.29. The van der Waals surface area contributed by atoms with Crippen LogP contribution in [0.15, 0.2) is 36.0 Å². The van der Waals surface area contributed by atoms with E-state index in [2.05, 4.69) is 4.98 Å². The average molecular weight is 267 g/mol. The van der Waals surface area contributed by atoms with Gasteiger partial charge in [0.1, 0.15) is 0 Å². The first-order chi connectivity index (χ1) is 9.68. The number of esters is 1. The molecule has 0 spiro atoms. The van der Waals surface area contributed by atoms with Gasteiger partial charge in [-0.3, -0.25) is 4.98 Å². The molecule has 0 aromatic carbocycles. The van der Waals surface area contributed by atoms with Crippen LogP contribution in [0.25, 0.3) is 0 Å². The fourth-order valence-electron chi connectivity index (χ4n) is 2.39. The summed E-state index contributed by atoms with van der Waals surface area (Å²) in [5, 5.41) is 18.8. The van der Waals surface area contributed by atoms with Crippen LogP contribution in [0.3, 0.4) is 0 Å². The van der Waals surface area contributed by atoms with E-state index >= 15 is 0 Å². The zero-order valence-corrected chi connectivity index (χ0v) is 11.0. The molecule has 1 heterocycles. The molecular formula is C15H13N3O2. The number of carbonyl (C=O) groups is 1. The molecule has 1 aromatic rings. The fraction of sp³-hybridized carbons (Fsp3) is 0.333. The number of nitriles is 2. The topological polar surface area (TPSA) is 86.8 Å². The first kappa shape index (κ1) is 13.8. The zero-order chi connectivity index (χ0) is 14.6. The van der Waals surface area contributed by atoms with Crippen molar-refractivity contribution >= 4 is 5.97 Å². The number of rotatable bonds is 3. The van der Waals surface area contributed by atoms with Crippen molar-refractivity contribution in [2.75, 3.05) is 6.61 Å². The maximum absolute atomic E-state index is 12.0.